The molecule has 0 fully saturated rings. The fraction of sp³-hybridized carbons (Fsp3) is 0.429. The largest absolute Gasteiger partial charge is 0.396 e. The summed E-state index contributed by atoms with van der Waals surface area (Å²) in [7, 11) is 0. The predicted molar refractivity (Wildman–Crippen MR) is 50.9 cm³/mol. The molecule has 0 aliphatic rings. The van der Waals surface area contributed by atoms with Gasteiger partial charge >= 0.3 is 0 Å². The average molecular weight is 236 g/mol. The summed E-state index contributed by atoms with van der Waals surface area (Å²) in [5, 5.41) is 10.9. The molecule has 3 N–H and O–H groups in total. The number of aliphatic hydroxyl groups is 1. The standard InChI is InChI=1S/C7H10BrNOS/c8-7-1-5(4-11-7)6(2-9)3-10/h1,4,6,10H,2-3,9H2. The molecule has 0 aliphatic carbocycles. The van der Waals surface area contributed by atoms with Crippen LogP contribution in [-0.4, -0.2) is 18.3 Å². The lowest BCUT2D eigenvalue weighted by Crippen LogP contribution is -2.15. The van der Waals surface area contributed by atoms with Crippen LogP contribution in [0.3, 0.4) is 0 Å². The van der Waals surface area contributed by atoms with Crippen molar-refractivity contribution in [3.63, 3.8) is 0 Å². The van der Waals surface area contributed by atoms with E-state index in [-0.39, 0.29) is 12.5 Å². The molecule has 0 aromatic carbocycles. The van der Waals surface area contributed by atoms with Crippen LogP contribution < -0.4 is 5.73 Å². The Balaban J connectivity index is 2.73. The summed E-state index contributed by atoms with van der Waals surface area (Å²) < 4.78 is 1.08. The molecule has 0 bridgehead atoms. The Hall–Kier alpha value is 0.100. The minimum absolute atomic E-state index is 0.0950. The van der Waals surface area contributed by atoms with Gasteiger partial charge in [0.2, 0.25) is 0 Å². The van der Waals surface area contributed by atoms with Crippen LogP contribution >= 0.6 is 27.3 Å². The molecule has 1 aromatic heterocycles. The van der Waals surface area contributed by atoms with Crippen LogP contribution in [0.15, 0.2) is 15.2 Å². The van der Waals surface area contributed by atoms with Crippen molar-refractivity contribution in [2.24, 2.45) is 5.73 Å². The van der Waals surface area contributed by atoms with Gasteiger partial charge in [-0.05, 0) is 32.9 Å². The van der Waals surface area contributed by atoms with Gasteiger partial charge in [-0.1, -0.05) is 0 Å². The molecule has 0 saturated carbocycles. The fourth-order valence-electron chi connectivity index (χ4n) is 0.854. The molecule has 0 amide bonds. The molecule has 4 heteroatoms. The van der Waals surface area contributed by atoms with Crippen molar-refractivity contribution in [1.82, 2.24) is 0 Å². The highest BCUT2D eigenvalue weighted by Gasteiger charge is 2.09. The molecule has 62 valence electrons. The molecule has 0 aliphatic heterocycles. The van der Waals surface area contributed by atoms with Crippen LogP contribution in [-0.2, 0) is 0 Å². The highest BCUT2D eigenvalue weighted by atomic mass is 79.9. The summed E-state index contributed by atoms with van der Waals surface area (Å²) in [5.41, 5.74) is 6.57. The van der Waals surface area contributed by atoms with Crippen molar-refractivity contribution >= 4 is 27.3 Å². The van der Waals surface area contributed by atoms with Gasteiger partial charge in [0.25, 0.3) is 0 Å². The maximum atomic E-state index is 8.90. The second kappa shape index (κ2) is 4.21. The first-order valence-electron chi connectivity index (χ1n) is 3.32. The van der Waals surface area contributed by atoms with E-state index in [1.807, 2.05) is 11.4 Å². The summed E-state index contributed by atoms with van der Waals surface area (Å²) in [4.78, 5) is 0. The molecule has 1 heterocycles. The Kier molecular flexibility index (Phi) is 3.51. The van der Waals surface area contributed by atoms with Crippen molar-refractivity contribution in [1.29, 1.82) is 0 Å². The third-order valence-corrected chi connectivity index (χ3v) is 3.09. The van der Waals surface area contributed by atoms with Gasteiger partial charge in [-0.25, -0.2) is 0 Å². The highest BCUT2D eigenvalue weighted by molar-refractivity contribution is 9.11. The summed E-state index contributed by atoms with van der Waals surface area (Å²) in [6, 6.07) is 2.00. The molecule has 1 atom stereocenters. The van der Waals surface area contributed by atoms with Crippen LogP contribution in [0.25, 0.3) is 0 Å². The molecular weight excluding hydrogens is 226 g/mol. The van der Waals surface area contributed by atoms with Gasteiger partial charge in [-0.2, -0.15) is 0 Å². The van der Waals surface area contributed by atoms with E-state index in [9.17, 15) is 0 Å². The van der Waals surface area contributed by atoms with E-state index in [1.54, 1.807) is 11.3 Å². The Morgan fingerprint density at radius 2 is 2.45 bits per heavy atom. The van der Waals surface area contributed by atoms with Crippen molar-refractivity contribution in [2.75, 3.05) is 13.2 Å². The van der Waals surface area contributed by atoms with E-state index in [1.165, 1.54) is 0 Å². The smallest absolute Gasteiger partial charge is 0.0701 e. The second-order valence-corrected chi connectivity index (χ2v) is 4.59. The number of halogens is 1. The third-order valence-electron chi connectivity index (χ3n) is 1.56. The van der Waals surface area contributed by atoms with Crippen molar-refractivity contribution in [3.05, 3.63) is 20.8 Å². The lowest BCUT2D eigenvalue weighted by Gasteiger charge is -2.07. The van der Waals surface area contributed by atoms with Crippen LogP contribution in [0.5, 0.6) is 0 Å². The minimum atomic E-state index is 0.0950. The van der Waals surface area contributed by atoms with Crippen LogP contribution in [0.2, 0.25) is 0 Å². The number of thiophene rings is 1. The van der Waals surface area contributed by atoms with Gasteiger partial charge < -0.3 is 10.8 Å². The van der Waals surface area contributed by atoms with Crippen molar-refractivity contribution in [2.45, 2.75) is 5.92 Å². The van der Waals surface area contributed by atoms with E-state index in [0.717, 1.165) is 9.35 Å². The van der Waals surface area contributed by atoms with Gasteiger partial charge in [-0.15, -0.1) is 11.3 Å². The lowest BCUT2D eigenvalue weighted by atomic mass is 10.0. The average Bonchev–Trinajstić information content (AvgIpc) is 2.39. The van der Waals surface area contributed by atoms with Crippen molar-refractivity contribution < 1.29 is 5.11 Å². The normalized spacial score (nSPS) is 13.4. The summed E-state index contributed by atoms with van der Waals surface area (Å²) in [5.74, 6) is 0.0950. The van der Waals surface area contributed by atoms with E-state index in [2.05, 4.69) is 15.9 Å². The maximum absolute atomic E-state index is 8.90. The van der Waals surface area contributed by atoms with Gasteiger partial charge in [0.1, 0.15) is 0 Å². The quantitative estimate of drug-likeness (QED) is 0.836. The van der Waals surface area contributed by atoms with E-state index in [0.29, 0.717) is 6.54 Å². The van der Waals surface area contributed by atoms with Crippen LogP contribution in [0.4, 0.5) is 0 Å². The van der Waals surface area contributed by atoms with E-state index in [4.69, 9.17) is 10.8 Å². The Labute approximate surface area is 78.2 Å². The predicted octanol–water partition coefficient (Wildman–Crippen LogP) is 1.55. The monoisotopic (exact) mass is 235 g/mol. The highest BCUT2D eigenvalue weighted by Crippen LogP contribution is 2.25. The zero-order valence-electron chi connectivity index (χ0n) is 5.96. The first-order chi connectivity index (χ1) is 5.27. The van der Waals surface area contributed by atoms with Gasteiger partial charge in [0, 0.05) is 12.5 Å². The first kappa shape index (κ1) is 9.19. The first-order valence-corrected chi connectivity index (χ1v) is 5.00. The van der Waals surface area contributed by atoms with E-state index < -0.39 is 0 Å². The molecule has 1 aromatic rings. The van der Waals surface area contributed by atoms with Crippen LogP contribution in [0, 0.1) is 0 Å². The molecular formula is C7H10BrNOS. The lowest BCUT2D eigenvalue weighted by molar-refractivity contribution is 0.268. The SMILES string of the molecule is NCC(CO)c1csc(Br)c1. The van der Waals surface area contributed by atoms with E-state index >= 15 is 0 Å². The van der Waals surface area contributed by atoms with Crippen LogP contribution in [0.1, 0.15) is 11.5 Å². The molecule has 1 unspecified atom stereocenters. The summed E-state index contributed by atoms with van der Waals surface area (Å²) in [6.45, 7) is 0.624. The molecule has 0 spiro atoms. The van der Waals surface area contributed by atoms with Gasteiger partial charge in [0.05, 0.1) is 10.4 Å². The number of aliphatic hydroxyl groups excluding tert-OH is 1. The summed E-state index contributed by atoms with van der Waals surface area (Å²) in [6.07, 6.45) is 0. The fourth-order valence-corrected chi connectivity index (χ4v) is 2.11. The van der Waals surface area contributed by atoms with Gasteiger partial charge in [0.15, 0.2) is 0 Å². The minimum Gasteiger partial charge on any atom is -0.396 e. The number of rotatable bonds is 3. The zero-order chi connectivity index (χ0) is 8.27. The molecule has 0 saturated heterocycles. The number of hydrogen-bond acceptors (Lipinski definition) is 3. The Bertz CT molecular complexity index is 222. The Morgan fingerprint density at radius 3 is 2.82 bits per heavy atom. The third kappa shape index (κ3) is 2.27. The zero-order valence-corrected chi connectivity index (χ0v) is 8.36. The topological polar surface area (TPSA) is 46.2 Å². The number of nitrogens with two attached hydrogens (primary N) is 1. The van der Waals surface area contributed by atoms with Crippen molar-refractivity contribution in [3.8, 4) is 0 Å². The molecule has 2 nitrogen and oxygen atoms in total. The molecule has 1 rings (SSSR count). The maximum Gasteiger partial charge on any atom is 0.0701 e. The Morgan fingerprint density at radius 1 is 1.73 bits per heavy atom. The second-order valence-electron chi connectivity index (χ2n) is 2.30. The van der Waals surface area contributed by atoms with Gasteiger partial charge in [-0.3, -0.25) is 0 Å². The number of hydrogen-bond donors (Lipinski definition) is 2. The molecule has 11 heavy (non-hydrogen) atoms. The molecule has 0 radical (unpaired) electrons. The summed E-state index contributed by atoms with van der Waals surface area (Å²) >= 11 is 4.97.